The van der Waals surface area contributed by atoms with Gasteiger partial charge in [0.1, 0.15) is 12.4 Å². The number of rotatable bonds is 5. The molecule has 0 amide bonds. The number of para-hydroxylation sites is 1. The first-order valence-corrected chi connectivity index (χ1v) is 7.83. The van der Waals surface area contributed by atoms with Gasteiger partial charge in [0.25, 0.3) is 0 Å². The third-order valence-electron chi connectivity index (χ3n) is 3.97. The van der Waals surface area contributed by atoms with Gasteiger partial charge < -0.3 is 10.1 Å². The first kappa shape index (κ1) is 14.9. The molecular formula is C20H23NO. The summed E-state index contributed by atoms with van der Waals surface area (Å²) in [5, 5.41) is 3.66. The minimum Gasteiger partial charge on any atom is -0.489 e. The van der Waals surface area contributed by atoms with Crippen LogP contribution < -0.4 is 10.1 Å². The van der Waals surface area contributed by atoms with Crippen molar-refractivity contribution in [3.8, 4) is 5.75 Å². The van der Waals surface area contributed by atoms with Gasteiger partial charge in [-0.3, -0.25) is 0 Å². The van der Waals surface area contributed by atoms with Gasteiger partial charge in [0, 0.05) is 17.6 Å². The van der Waals surface area contributed by atoms with Crippen LogP contribution in [-0.4, -0.2) is 18.7 Å². The molecule has 1 aliphatic heterocycles. The van der Waals surface area contributed by atoms with Gasteiger partial charge in [0.15, 0.2) is 0 Å². The van der Waals surface area contributed by atoms with E-state index in [1.54, 1.807) is 0 Å². The fourth-order valence-electron chi connectivity index (χ4n) is 2.79. The molecule has 22 heavy (non-hydrogen) atoms. The summed E-state index contributed by atoms with van der Waals surface area (Å²) in [6.45, 7) is 6.02. The highest BCUT2D eigenvalue weighted by molar-refractivity contribution is 5.62. The fraction of sp³-hybridized carbons (Fsp3) is 0.300. The van der Waals surface area contributed by atoms with Crippen LogP contribution in [0, 0.1) is 0 Å². The Bertz CT molecular complexity index is 658. The van der Waals surface area contributed by atoms with Crippen LogP contribution in [0.2, 0.25) is 0 Å². The second-order valence-electron chi connectivity index (χ2n) is 6.53. The zero-order chi connectivity index (χ0) is 15.4. The maximum absolute atomic E-state index is 5.81. The largest absolute Gasteiger partial charge is 0.489 e. The molecule has 0 saturated heterocycles. The SMILES string of the molecule is CC(C)(Cc1ccccc1)NCC1=Cc2ccccc2OC1. The third kappa shape index (κ3) is 3.77. The van der Waals surface area contributed by atoms with Gasteiger partial charge >= 0.3 is 0 Å². The summed E-state index contributed by atoms with van der Waals surface area (Å²) in [5.41, 5.74) is 3.88. The molecule has 1 N–H and O–H groups in total. The van der Waals surface area contributed by atoms with E-state index >= 15 is 0 Å². The standard InChI is InChI=1S/C20H23NO/c1-20(2,13-16-8-4-3-5-9-16)21-14-17-12-18-10-6-7-11-19(18)22-15-17/h3-12,21H,13-15H2,1-2H3. The quantitative estimate of drug-likeness (QED) is 0.897. The van der Waals surface area contributed by atoms with Crippen LogP contribution in [0.25, 0.3) is 6.08 Å². The molecule has 0 fully saturated rings. The van der Waals surface area contributed by atoms with E-state index in [0.717, 1.165) is 18.7 Å². The number of hydrogen-bond acceptors (Lipinski definition) is 2. The highest BCUT2D eigenvalue weighted by Crippen LogP contribution is 2.25. The van der Waals surface area contributed by atoms with Crippen molar-refractivity contribution in [2.24, 2.45) is 0 Å². The summed E-state index contributed by atoms with van der Waals surface area (Å²) >= 11 is 0. The van der Waals surface area contributed by atoms with Crippen molar-refractivity contribution in [1.82, 2.24) is 5.32 Å². The minimum absolute atomic E-state index is 0.0547. The van der Waals surface area contributed by atoms with Crippen molar-refractivity contribution in [2.45, 2.75) is 25.8 Å². The number of benzene rings is 2. The smallest absolute Gasteiger partial charge is 0.127 e. The molecular weight excluding hydrogens is 270 g/mol. The Kier molecular flexibility index (Phi) is 4.30. The van der Waals surface area contributed by atoms with E-state index in [4.69, 9.17) is 4.74 Å². The van der Waals surface area contributed by atoms with Crippen molar-refractivity contribution in [2.75, 3.05) is 13.2 Å². The molecule has 0 atom stereocenters. The Labute approximate surface area is 132 Å². The maximum atomic E-state index is 5.81. The Morgan fingerprint density at radius 1 is 1.00 bits per heavy atom. The predicted molar refractivity (Wildman–Crippen MR) is 92.1 cm³/mol. The van der Waals surface area contributed by atoms with Crippen LogP contribution in [0.3, 0.4) is 0 Å². The van der Waals surface area contributed by atoms with Crippen molar-refractivity contribution in [3.05, 3.63) is 71.3 Å². The van der Waals surface area contributed by atoms with Crippen molar-refractivity contribution >= 4 is 6.08 Å². The summed E-state index contributed by atoms with van der Waals surface area (Å²) in [7, 11) is 0. The van der Waals surface area contributed by atoms with E-state index in [-0.39, 0.29) is 5.54 Å². The molecule has 0 radical (unpaired) electrons. The summed E-state index contributed by atoms with van der Waals surface area (Å²) in [4.78, 5) is 0. The van der Waals surface area contributed by atoms with Gasteiger partial charge in [-0.05, 0) is 43.5 Å². The topological polar surface area (TPSA) is 21.3 Å². The van der Waals surface area contributed by atoms with Crippen LogP contribution in [-0.2, 0) is 6.42 Å². The van der Waals surface area contributed by atoms with Crippen molar-refractivity contribution in [1.29, 1.82) is 0 Å². The molecule has 3 rings (SSSR count). The molecule has 1 heterocycles. The van der Waals surface area contributed by atoms with Crippen LogP contribution in [0.4, 0.5) is 0 Å². The first-order valence-electron chi connectivity index (χ1n) is 7.83. The summed E-state index contributed by atoms with van der Waals surface area (Å²) in [6.07, 6.45) is 3.25. The van der Waals surface area contributed by atoms with E-state index in [2.05, 4.69) is 67.7 Å². The average Bonchev–Trinajstić information content (AvgIpc) is 2.53. The number of nitrogens with one attached hydrogen (secondary N) is 1. The van der Waals surface area contributed by atoms with Crippen LogP contribution in [0.1, 0.15) is 25.0 Å². The van der Waals surface area contributed by atoms with Gasteiger partial charge in [-0.2, -0.15) is 0 Å². The minimum atomic E-state index is 0.0547. The maximum Gasteiger partial charge on any atom is 0.127 e. The van der Waals surface area contributed by atoms with E-state index in [1.807, 2.05) is 12.1 Å². The molecule has 0 spiro atoms. The van der Waals surface area contributed by atoms with E-state index in [1.165, 1.54) is 16.7 Å². The molecule has 1 aliphatic rings. The molecule has 0 aromatic heterocycles. The van der Waals surface area contributed by atoms with Crippen LogP contribution >= 0.6 is 0 Å². The average molecular weight is 293 g/mol. The number of ether oxygens (including phenoxy) is 1. The molecule has 2 aromatic rings. The zero-order valence-corrected chi connectivity index (χ0v) is 13.3. The lowest BCUT2D eigenvalue weighted by Gasteiger charge is -2.28. The summed E-state index contributed by atoms with van der Waals surface area (Å²) in [6, 6.07) is 18.8. The second kappa shape index (κ2) is 6.37. The fourth-order valence-corrected chi connectivity index (χ4v) is 2.79. The first-order chi connectivity index (χ1) is 10.6. The van der Waals surface area contributed by atoms with E-state index < -0.39 is 0 Å². The van der Waals surface area contributed by atoms with Gasteiger partial charge in [-0.25, -0.2) is 0 Å². The van der Waals surface area contributed by atoms with Crippen LogP contribution in [0.5, 0.6) is 5.75 Å². The van der Waals surface area contributed by atoms with Gasteiger partial charge in [-0.15, -0.1) is 0 Å². The van der Waals surface area contributed by atoms with Crippen LogP contribution in [0.15, 0.2) is 60.2 Å². The van der Waals surface area contributed by atoms with Crippen molar-refractivity contribution < 1.29 is 4.74 Å². The zero-order valence-electron chi connectivity index (χ0n) is 13.3. The Balaban J connectivity index is 1.61. The molecule has 2 aromatic carbocycles. The monoisotopic (exact) mass is 293 g/mol. The highest BCUT2D eigenvalue weighted by Gasteiger charge is 2.19. The molecule has 2 nitrogen and oxygen atoms in total. The molecule has 0 aliphatic carbocycles. The highest BCUT2D eigenvalue weighted by atomic mass is 16.5. The summed E-state index contributed by atoms with van der Waals surface area (Å²) in [5.74, 6) is 0.981. The van der Waals surface area contributed by atoms with E-state index in [0.29, 0.717) is 6.61 Å². The Morgan fingerprint density at radius 2 is 1.73 bits per heavy atom. The predicted octanol–water partition coefficient (Wildman–Crippen LogP) is 4.07. The van der Waals surface area contributed by atoms with Crippen molar-refractivity contribution in [3.63, 3.8) is 0 Å². The Morgan fingerprint density at radius 3 is 2.55 bits per heavy atom. The normalized spacial score (nSPS) is 14.0. The lowest BCUT2D eigenvalue weighted by atomic mass is 9.94. The summed E-state index contributed by atoms with van der Waals surface area (Å²) < 4.78 is 5.81. The molecule has 0 unspecified atom stereocenters. The third-order valence-corrected chi connectivity index (χ3v) is 3.97. The molecule has 114 valence electrons. The Hall–Kier alpha value is -2.06. The lowest BCUT2D eigenvalue weighted by molar-refractivity contribution is 0.332. The van der Waals surface area contributed by atoms with Gasteiger partial charge in [0.2, 0.25) is 0 Å². The second-order valence-corrected chi connectivity index (χ2v) is 6.53. The molecule has 0 saturated carbocycles. The molecule has 0 bridgehead atoms. The lowest BCUT2D eigenvalue weighted by Crippen LogP contribution is -2.42. The number of hydrogen-bond donors (Lipinski definition) is 1. The van der Waals surface area contributed by atoms with Gasteiger partial charge in [0.05, 0.1) is 0 Å². The molecule has 2 heteroatoms. The van der Waals surface area contributed by atoms with E-state index in [9.17, 15) is 0 Å². The number of fused-ring (bicyclic) bond motifs is 1. The van der Waals surface area contributed by atoms with Gasteiger partial charge in [-0.1, -0.05) is 48.5 Å².